The third-order valence-electron chi connectivity index (χ3n) is 8.16. The van der Waals surface area contributed by atoms with Gasteiger partial charge in [0.2, 0.25) is 10.0 Å². The lowest BCUT2D eigenvalue weighted by atomic mass is 9.88. The first-order chi connectivity index (χ1) is 20.3. The molecule has 5 aromatic rings. The quantitative estimate of drug-likeness (QED) is 0.273. The van der Waals surface area contributed by atoms with Crippen molar-refractivity contribution in [2.75, 3.05) is 28.5 Å². The maximum atomic E-state index is 13.5. The minimum Gasteiger partial charge on any atom is -0.356 e. The molecular weight excluding hydrogens is 555 g/mol. The molecule has 0 saturated carbocycles. The number of carbonyl (C=O) groups is 1. The Hall–Kier alpha value is -4.64. The van der Waals surface area contributed by atoms with Crippen LogP contribution in [0.1, 0.15) is 28.8 Å². The van der Waals surface area contributed by atoms with E-state index < -0.39 is 10.0 Å². The van der Waals surface area contributed by atoms with Crippen LogP contribution in [0.5, 0.6) is 0 Å². The van der Waals surface area contributed by atoms with E-state index in [0.29, 0.717) is 43.6 Å². The fraction of sp³-hybridized carbons (Fsp3) is 0.226. The molecule has 0 aliphatic carbocycles. The fourth-order valence-electron chi connectivity index (χ4n) is 5.91. The Labute approximate surface area is 241 Å². The van der Waals surface area contributed by atoms with E-state index in [4.69, 9.17) is 0 Å². The number of nitrogens with one attached hydrogen (secondary N) is 2. The van der Waals surface area contributed by atoms with Crippen LogP contribution in [-0.2, 0) is 16.4 Å². The van der Waals surface area contributed by atoms with Gasteiger partial charge in [0.25, 0.3) is 0 Å². The molecule has 11 heteroatoms. The van der Waals surface area contributed by atoms with E-state index in [1.165, 1.54) is 12.1 Å². The molecule has 0 bridgehead atoms. The Bertz CT molecular complexity index is 1930. The number of piperidine rings is 1. The number of aromatic nitrogens is 4. The van der Waals surface area contributed by atoms with Crippen LogP contribution in [0.25, 0.3) is 33.3 Å². The van der Waals surface area contributed by atoms with Gasteiger partial charge in [-0.05, 0) is 85.0 Å². The second kappa shape index (κ2) is 10.3. The minimum atomic E-state index is -3.30. The molecule has 2 N–H and O–H groups in total. The summed E-state index contributed by atoms with van der Waals surface area (Å²) in [6.45, 7) is 1.34. The second-order valence-electron chi connectivity index (χ2n) is 10.8. The van der Waals surface area contributed by atoms with Crippen LogP contribution in [0, 0.1) is 11.7 Å². The number of benzene rings is 3. The van der Waals surface area contributed by atoms with Gasteiger partial charge in [-0.15, -0.1) is 0 Å². The van der Waals surface area contributed by atoms with E-state index in [2.05, 4.69) is 35.9 Å². The van der Waals surface area contributed by atoms with Gasteiger partial charge in [0, 0.05) is 41.1 Å². The maximum absolute atomic E-state index is 13.5. The Morgan fingerprint density at radius 2 is 1.74 bits per heavy atom. The van der Waals surface area contributed by atoms with Crippen LogP contribution < -0.4 is 9.62 Å². The van der Waals surface area contributed by atoms with Gasteiger partial charge >= 0.3 is 0 Å². The first kappa shape index (κ1) is 26.3. The van der Waals surface area contributed by atoms with Gasteiger partial charge in [-0.3, -0.25) is 14.6 Å². The Kier molecular flexibility index (Phi) is 6.46. The highest BCUT2D eigenvalue weighted by molar-refractivity contribution is 7.92. The summed E-state index contributed by atoms with van der Waals surface area (Å²) in [5.74, 6) is 0.524. The first-order valence-electron chi connectivity index (χ1n) is 13.8. The molecule has 2 aliphatic rings. The Morgan fingerprint density at radius 1 is 0.952 bits per heavy atom. The number of anilines is 2. The molecule has 212 valence electrons. The van der Waals surface area contributed by atoms with E-state index in [1.807, 2.05) is 18.2 Å². The predicted molar refractivity (Wildman–Crippen MR) is 159 cm³/mol. The van der Waals surface area contributed by atoms with Crippen molar-refractivity contribution in [1.82, 2.24) is 20.2 Å². The molecule has 0 atom stereocenters. The van der Waals surface area contributed by atoms with Gasteiger partial charge in [-0.25, -0.2) is 22.8 Å². The van der Waals surface area contributed by atoms with Crippen LogP contribution in [0.4, 0.5) is 15.9 Å². The zero-order chi connectivity index (χ0) is 28.8. The highest BCUT2D eigenvalue weighted by Gasteiger charge is 2.29. The summed E-state index contributed by atoms with van der Waals surface area (Å²) in [7, 11) is -3.30. The summed E-state index contributed by atoms with van der Waals surface area (Å²) in [6.07, 6.45) is 5.10. The average Bonchev–Trinajstić information content (AvgIpc) is 3.50. The van der Waals surface area contributed by atoms with Gasteiger partial charge in [-0.2, -0.15) is 5.10 Å². The van der Waals surface area contributed by atoms with E-state index in [-0.39, 0.29) is 23.3 Å². The maximum Gasteiger partial charge on any atom is 0.233 e. The van der Waals surface area contributed by atoms with Crippen LogP contribution in [0.3, 0.4) is 0 Å². The molecule has 7 rings (SSSR count). The van der Waals surface area contributed by atoms with Gasteiger partial charge in [0.15, 0.2) is 5.78 Å². The number of rotatable bonds is 5. The molecule has 2 aliphatic heterocycles. The van der Waals surface area contributed by atoms with Crippen molar-refractivity contribution in [3.8, 4) is 22.4 Å². The number of Topliss-reactive ketones (excluding diaryl/α,β-unsaturated/α-hetero) is 1. The van der Waals surface area contributed by atoms with Crippen LogP contribution in [0.15, 0.2) is 73.2 Å². The van der Waals surface area contributed by atoms with E-state index in [9.17, 15) is 17.6 Å². The highest BCUT2D eigenvalue weighted by Crippen LogP contribution is 2.35. The van der Waals surface area contributed by atoms with Crippen LogP contribution >= 0.6 is 0 Å². The molecule has 1 fully saturated rings. The number of aromatic amines is 1. The molecule has 0 amide bonds. The molecule has 0 spiro atoms. The van der Waals surface area contributed by atoms with Crippen molar-refractivity contribution in [3.63, 3.8) is 0 Å². The number of halogens is 1. The van der Waals surface area contributed by atoms with Gasteiger partial charge in [-0.1, -0.05) is 6.07 Å². The zero-order valence-corrected chi connectivity index (χ0v) is 23.4. The number of H-pyrrole nitrogens is 1. The third kappa shape index (κ3) is 4.89. The number of ketones is 1. The molecule has 1 saturated heterocycles. The molecule has 9 nitrogen and oxygen atoms in total. The van der Waals surface area contributed by atoms with Gasteiger partial charge in [0.05, 0.1) is 28.8 Å². The minimum absolute atomic E-state index is 0.0266. The highest BCUT2D eigenvalue weighted by atomic mass is 32.2. The fourth-order valence-corrected chi connectivity index (χ4v) is 7.03. The van der Waals surface area contributed by atoms with Crippen molar-refractivity contribution in [2.24, 2.45) is 5.92 Å². The Balaban J connectivity index is 1.11. The number of hydrogen-bond donors (Lipinski definition) is 2. The van der Waals surface area contributed by atoms with Crippen molar-refractivity contribution >= 4 is 38.2 Å². The average molecular weight is 583 g/mol. The van der Waals surface area contributed by atoms with Crippen molar-refractivity contribution in [1.29, 1.82) is 0 Å². The van der Waals surface area contributed by atoms with E-state index in [1.54, 1.807) is 36.8 Å². The molecule has 2 aromatic heterocycles. The van der Waals surface area contributed by atoms with E-state index >= 15 is 0 Å². The van der Waals surface area contributed by atoms with Crippen LogP contribution in [-0.4, -0.2) is 53.2 Å². The molecule has 4 heterocycles. The third-order valence-corrected chi connectivity index (χ3v) is 9.43. The Morgan fingerprint density at radius 3 is 2.55 bits per heavy atom. The lowest BCUT2D eigenvalue weighted by Crippen LogP contribution is -2.37. The monoisotopic (exact) mass is 582 g/mol. The number of aryl methyl sites for hydroxylation is 1. The topological polar surface area (TPSA) is 121 Å². The van der Waals surface area contributed by atoms with Crippen molar-refractivity contribution < 1.29 is 17.6 Å². The predicted octanol–water partition coefficient (Wildman–Crippen LogP) is 5.22. The summed E-state index contributed by atoms with van der Waals surface area (Å²) in [4.78, 5) is 24.7. The summed E-state index contributed by atoms with van der Waals surface area (Å²) in [5.41, 5.74) is 6.32. The largest absolute Gasteiger partial charge is 0.356 e. The molecule has 3 aromatic carbocycles. The number of hydrogen-bond acceptors (Lipinski definition) is 7. The number of nitrogens with zero attached hydrogens (tertiary/aromatic N) is 4. The molecule has 0 unspecified atom stereocenters. The number of carbonyl (C=O) groups excluding carboxylic acids is 1. The number of fused-ring (bicyclic) bond motifs is 2. The zero-order valence-electron chi connectivity index (χ0n) is 22.5. The lowest BCUT2D eigenvalue weighted by molar-refractivity contribution is 0.0900. The smallest absolute Gasteiger partial charge is 0.233 e. The first-order valence-corrected chi connectivity index (χ1v) is 15.5. The van der Waals surface area contributed by atoms with Gasteiger partial charge < -0.3 is 4.90 Å². The van der Waals surface area contributed by atoms with Crippen molar-refractivity contribution in [3.05, 3.63) is 90.1 Å². The second-order valence-corrected chi connectivity index (χ2v) is 12.6. The summed E-state index contributed by atoms with van der Waals surface area (Å²) >= 11 is 0. The molecular formula is C31H27FN6O3S. The molecule has 0 radical (unpaired) electrons. The van der Waals surface area contributed by atoms with Crippen LogP contribution in [0.2, 0.25) is 0 Å². The standard InChI is InChI=1S/C31H27FN6O3S/c32-24-5-1-19(2-6-24)29-26(17-35-36-29)21-3-8-28-25(16-21)31(34-18-33-28)38-12-9-20(10-13-38)30(39)23-4-7-27-22(15-23)11-14-42(40,41)37-27/h1-8,15-18,20,37H,9-14H2,(H,35,36). The van der Waals surface area contributed by atoms with Crippen molar-refractivity contribution in [2.45, 2.75) is 19.3 Å². The SMILES string of the molecule is O=C(c1ccc2c(c1)CCS(=O)(=O)N2)C1CCN(c2ncnc3ccc(-c4cn[nH]c4-c4ccc(F)cc4)cc23)CC1. The number of sulfonamides is 1. The van der Waals surface area contributed by atoms with Gasteiger partial charge in [0.1, 0.15) is 18.0 Å². The summed E-state index contributed by atoms with van der Waals surface area (Å²) < 4.78 is 39.8. The summed E-state index contributed by atoms with van der Waals surface area (Å²) in [5, 5.41) is 8.19. The normalized spacial score (nSPS) is 16.6. The lowest BCUT2D eigenvalue weighted by Gasteiger charge is -2.33. The summed E-state index contributed by atoms with van der Waals surface area (Å²) in [6, 6.07) is 17.6. The molecule has 42 heavy (non-hydrogen) atoms. The van der Waals surface area contributed by atoms with E-state index in [0.717, 1.165) is 44.7 Å².